The first-order valence-corrected chi connectivity index (χ1v) is 10.5. The lowest BCUT2D eigenvalue weighted by Crippen LogP contribution is -4.05. The van der Waals surface area contributed by atoms with E-state index in [0.717, 1.165) is 11.0 Å². The molecule has 0 spiro atoms. The number of quaternary nitrogens is 1. The van der Waals surface area contributed by atoms with Crippen LogP contribution in [0.15, 0.2) is 91.0 Å². The highest BCUT2D eigenvalue weighted by Crippen LogP contribution is 2.42. The van der Waals surface area contributed by atoms with E-state index in [1.807, 2.05) is 0 Å². The Morgan fingerprint density at radius 3 is 1.04 bits per heavy atom. The molecule has 0 N–H and O–H groups in total. The van der Waals surface area contributed by atoms with Gasteiger partial charge in [0.2, 0.25) is 0 Å². The standard InChI is InChI=1S/C20H20N.IO3/c1-2-21(18-12-6-3-7-13-18,19-14-8-4-9-15-19)20-16-10-5-11-17-20;2-1(3)4/h3-17H,2H2,1H3;/q+1;-1. The van der Waals surface area contributed by atoms with Crippen LogP contribution in [0.2, 0.25) is 0 Å². The molecule has 0 amide bonds. The van der Waals surface area contributed by atoms with Gasteiger partial charge in [0, 0.05) is 0 Å². The molecule has 0 saturated carbocycles. The third kappa shape index (κ3) is 4.87. The average molecular weight is 449 g/mol. The number of halogens is 1. The van der Waals surface area contributed by atoms with Crippen LogP contribution in [-0.2, 0) is 0 Å². The lowest BCUT2D eigenvalue weighted by molar-refractivity contribution is -1.73. The highest BCUT2D eigenvalue weighted by Gasteiger charge is 2.33. The van der Waals surface area contributed by atoms with E-state index in [1.54, 1.807) is 0 Å². The van der Waals surface area contributed by atoms with Crippen molar-refractivity contribution in [1.29, 1.82) is 0 Å². The number of benzene rings is 3. The Morgan fingerprint density at radius 1 is 0.600 bits per heavy atom. The van der Waals surface area contributed by atoms with Crippen LogP contribution in [0.25, 0.3) is 0 Å². The highest BCUT2D eigenvalue weighted by atomic mass is 127. The molecule has 0 aromatic heterocycles. The van der Waals surface area contributed by atoms with Crippen LogP contribution in [0.4, 0.5) is 17.1 Å². The average Bonchev–Trinajstić information content (AvgIpc) is 2.65. The number of nitrogens with zero attached hydrogens (tertiary/aromatic N) is 1. The van der Waals surface area contributed by atoms with Crippen molar-refractivity contribution < 1.29 is 31.4 Å². The number of rotatable bonds is 4. The minimum Gasteiger partial charge on any atom is -0.427 e. The first-order valence-electron chi connectivity index (χ1n) is 7.89. The van der Waals surface area contributed by atoms with Gasteiger partial charge in [-0.25, -0.2) is 4.48 Å². The summed E-state index contributed by atoms with van der Waals surface area (Å²) in [6.45, 7) is 3.21. The third-order valence-corrected chi connectivity index (χ3v) is 4.07. The van der Waals surface area contributed by atoms with Crippen LogP contribution in [-0.4, -0.2) is 6.54 Å². The fourth-order valence-corrected chi connectivity index (χ4v) is 3.04. The van der Waals surface area contributed by atoms with Crippen molar-refractivity contribution in [2.45, 2.75) is 6.92 Å². The molecule has 0 radical (unpaired) electrons. The number of para-hydroxylation sites is 3. The van der Waals surface area contributed by atoms with Crippen molar-refractivity contribution in [3.05, 3.63) is 91.0 Å². The Labute approximate surface area is 157 Å². The molecule has 3 rings (SSSR count). The monoisotopic (exact) mass is 449 g/mol. The van der Waals surface area contributed by atoms with Gasteiger partial charge in [0.05, 0.1) is 6.54 Å². The molecule has 3 aromatic carbocycles. The van der Waals surface area contributed by atoms with Gasteiger partial charge < -0.3 is 10.3 Å². The van der Waals surface area contributed by atoms with Gasteiger partial charge in [-0.15, -0.1) is 0 Å². The zero-order chi connectivity index (χ0) is 18.1. The Hall–Kier alpha value is -1.77. The molecule has 0 unspecified atom stereocenters. The molecule has 3 aromatic rings. The van der Waals surface area contributed by atoms with E-state index in [1.165, 1.54) is 17.1 Å². The quantitative estimate of drug-likeness (QED) is 0.384. The molecule has 0 aliphatic rings. The van der Waals surface area contributed by atoms with Crippen molar-refractivity contribution in [3.8, 4) is 0 Å². The Kier molecular flexibility index (Phi) is 7.54. The van der Waals surface area contributed by atoms with Gasteiger partial charge in [0.1, 0.15) is 17.1 Å². The minimum atomic E-state index is -4.01. The second kappa shape index (κ2) is 9.65. The van der Waals surface area contributed by atoms with Gasteiger partial charge in [0.15, 0.2) is 0 Å². The smallest absolute Gasteiger partial charge is 0.282 e. The molecular weight excluding hydrogens is 429 g/mol. The van der Waals surface area contributed by atoms with E-state index >= 15 is 0 Å². The molecular formula is C20H20INO3. The van der Waals surface area contributed by atoms with Gasteiger partial charge in [-0.1, -0.05) is 54.6 Å². The Bertz CT molecular complexity index is 637. The van der Waals surface area contributed by atoms with Crippen molar-refractivity contribution in [2.75, 3.05) is 6.54 Å². The molecule has 5 heteroatoms. The van der Waals surface area contributed by atoms with E-state index < -0.39 is 21.1 Å². The number of hydrogen-bond donors (Lipinski definition) is 0. The molecule has 0 aliphatic heterocycles. The molecule has 0 aliphatic carbocycles. The van der Waals surface area contributed by atoms with E-state index in [2.05, 4.69) is 97.9 Å². The minimum absolute atomic E-state index is 0.739. The largest absolute Gasteiger partial charge is 0.427 e. The molecule has 130 valence electrons. The zero-order valence-corrected chi connectivity index (χ0v) is 16.1. The zero-order valence-electron chi connectivity index (χ0n) is 13.9. The van der Waals surface area contributed by atoms with Crippen molar-refractivity contribution in [1.82, 2.24) is 4.48 Å². The first-order chi connectivity index (χ1) is 12.1. The maximum Gasteiger partial charge on any atom is 0.282 e. The summed E-state index contributed by atoms with van der Waals surface area (Å²) in [5.74, 6) is 0. The van der Waals surface area contributed by atoms with Crippen LogP contribution < -0.4 is 35.9 Å². The van der Waals surface area contributed by atoms with Gasteiger partial charge in [-0.05, 0) is 43.3 Å². The molecule has 4 nitrogen and oxygen atoms in total. The van der Waals surface area contributed by atoms with Crippen LogP contribution in [0, 0.1) is 0 Å². The predicted octanol–water partition coefficient (Wildman–Crippen LogP) is -0.886. The topological polar surface area (TPSA) is 69.2 Å². The van der Waals surface area contributed by atoms with Crippen molar-refractivity contribution in [3.63, 3.8) is 0 Å². The summed E-state index contributed by atoms with van der Waals surface area (Å²) in [5.41, 5.74) is 3.87. The summed E-state index contributed by atoms with van der Waals surface area (Å²) < 4.78 is 26.5. The van der Waals surface area contributed by atoms with Crippen LogP contribution >= 0.6 is 0 Å². The molecule has 0 atom stereocenters. The van der Waals surface area contributed by atoms with E-state index in [4.69, 9.17) is 10.3 Å². The maximum absolute atomic E-state index is 8.57. The fraction of sp³-hybridized carbons (Fsp3) is 0.100. The van der Waals surface area contributed by atoms with Gasteiger partial charge in [-0.2, -0.15) is 0 Å². The summed E-state index contributed by atoms with van der Waals surface area (Å²) in [6, 6.07) is 32.2. The summed E-state index contributed by atoms with van der Waals surface area (Å²) in [5, 5.41) is 0. The molecule has 0 heterocycles. The Balaban J connectivity index is 0.000000511. The highest BCUT2D eigenvalue weighted by molar-refractivity contribution is 5.70. The summed E-state index contributed by atoms with van der Waals surface area (Å²) in [4.78, 5) is 0. The summed E-state index contributed by atoms with van der Waals surface area (Å²) >= 11 is -4.01. The van der Waals surface area contributed by atoms with E-state index in [9.17, 15) is 0 Å². The molecule has 0 saturated heterocycles. The van der Waals surface area contributed by atoms with Crippen LogP contribution in [0.3, 0.4) is 0 Å². The predicted molar refractivity (Wildman–Crippen MR) is 91.0 cm³/mol. The lowest BCUT2D eigenvalue weighted by atomic mass is 10.1. The van der Waals surface area contributed by atoms with Crippen molar-refractivity contribution in [2.24, 2.45) is 0 Å². The first kappa shape index (κ1) is 19.6. The van der Waals surface area contributed by atoms with E-state index in [-0.39, 0.29) is 0 Å². The van der Waals surface area contributed by atoms with Crippen LogP contribution in [0.5, 0.6) is 0 Å². The second-order valence-electron chi connectivity index (χ2n) is 5.32. The van der Waals surface area contributed by atoms with Gasteiger partial charge in [-0.3, -0.25) is 0 Å². The maximum atomic E-state index is 8.57. The molecule has 0 fully saturated rings. The third-order valence-electron chi connectivity index (χ3n) is 4.07. The molecule has 25 heavy (non-hydrogen) atoms. The van der Waals surface area contributed by atoms with Crippen molar-refractivity contribution >= 4 is 17.1 Å². The summed E-state index contributed by atoms with van der Waals surface area (Å²) in [7, 11) is 0. The lowest BCUT2D eigenvalue weighted by Gasteiger charge is -2.36. The fourth-order valence-electron chi connectivity index (χ4n) is 3.04. The van der Waals surface area contributed by atoms with Crippen LogP contribution in [0.1, 0.15) is 6.92 Å². The normalized spacial score (nSPS) is 10.9. The van der Waals surface area contributed by atoms with Gasteiger partial charge in [0.25, 0.3) is 21.1 Å². The molecule has 0 bridgehead atoms. The number of hydrogen-bond acceptors (Lipinski definition) is 3. The Morgan fingerprint density at radius 2 is 0.840 bits per heavy atom. The summed E-state index contributed by atoms with van der Waals surface area (Å²) in [6.07, 6.45) is 0. The van der Waals surface area contributed by atoms with Gasteiger partial charge >= 0.3 is 0 Å². The second-order valence-corrected chi connectivity index (χ2v) is 6.40. The SMILES string of the molecule is CC[N+](c1ccccc1)(c1ccccc1)c1ccccc1.[O-][I+2]([O-])[O-]. The van der Waals surface area contributed by atoms with E-state index in [0.29, 0.717) is 0 Å².